The van der Waals surface area contributed by atoms with E-state index in [4.69, 9.17) is 4.74 Å². The summed E-state index contributed by atoms with van der Waals surface area (Å²) in [4.78, 5) is 23.9. The number of ether oxygens (including phenoxy) is 1. The number of sulfonamides is 1. The molecule has 0 fully saturated rings. The van der Waals surface area contributed by atoms with Gasteiger partial charge >= 0.3 is 0 Å². The second kappa shape index (κ2) is 12.6. The highest BCUT2D eigenvalue weighted by atomic mass is 32.2. The summed E-state index contributed by atoms with van der Waals surface area (Å²) in [5.41, 5.74) is 4.54. The average Bonchev–Trinajstić information content (AvgIpc) is 2.87. The summed E-state index contributed by atoms with van der Waals surface area (Å²) in [5, 5.41) is 6.54. The molecule has 2 amide bonds. The Hall–Kier alpha value is -4.02. The van der Waals surface area contributed by atoms with E-state index < -0.39 is 22.5 Å². The van der Waals surface area contributed by atoms with E-state index in [1.165, 1.54) is 37.4 Å². The SMILES string of the molecule is COc1ccc(/C=N\NC(=O)CN(CCc2ccccc2)S(=O)(=O)c2ccc(NC(C)=O)cc2)cc1. The number of anilines is 1. The molecule has 0 radical (unpaired) electrons. The van der Waals surface area contributed by atoms with Crippen molar-refractivity contribution in [1.82, 2.24) is 9.73 Å². The third-order valence-electron chi connectivity index (χ3n) is 5.14. The van der Waals surface area contributed by atoms with Crippen LogP contribution in [-0.2, 0) is 26.0 Å². The number of nitrogens with zero attached hydrogens (tertiary/aromatic N) is 2. The number of hydrogen-bond acceptors (Lipinski definition) is 6. The third kappa shape index (κ3) is 7.76. The lowest BCUT2D eigenvalue weighted by atomic mass is 10.1. The largest absolute Gasteiger partial charge is 0.497 e. The van der Waals surface area contributed by atoms with Crippen molar-refractivity contribution < 1.29 is 22.7 Å². The first-order valence-electron chi connectivity index (χ1n) is 11.2. The van der Waals surface area contributed by atoms with E-state index in [0.717, 1.165) is 15.4 Å². The van der Waals surface area contributed by atoms with Crippen LogP contribution >= 0.6 is 0 Å². The molecular formula is C26H28N4O5S. The Bertz CT molecular complexity index is 1290. The Morgan fingerprint density at radius 1 is 0.972 bits per heavy atom. The highest BCUT2D eigenvalue weighted by molar-refractivity contribution is 7.89. The number of carbonyl (C=O) groups is 2. The normalized spacial score (nSPS) is 11.4. The van der Waals surface area contributed by atoms with E-state index in [2.05, 4.69) is 15.8 Å². The molecule has 3 rings (SSSR count). The van der Waals surface area contributed by atoms with E-state index in [0.29, 0.717) is 17.9 Å². The molecule has 0 aliphatic heterocycles. The summed E-state index contributed by atoms with van der Waals surface area (Å²) < 4.78 is 33.0. The van der Waals surface area contributed by atoms with Gasteiger partial charge in [0.25, 0.3) is 5.91 Å². The molecule has 0 aromatic heterocycles. The predicted octanol–water partition coefficient (Wildman–Crippen LogP) is 3.04. The standard InChI is InChI=1S/C26H28N4O5S/c1-20(31)28-23-10-14-25(15-11-23)36(33,34)30(17-16-21-6-4-3-5-7-21)19-26(32)29-27-18-22-8-12-24(35-2)13-9-22/h3-15,18H,16-17,19H2,1-2H3,(H,28,31)(H,29,32)/b27-18-. The van der Waals surface area contributed by atoms with Crippen LogP contribution in [0.3, 0.4) is 0 Å². The lowest BCUT2D eigenvalue weighted by molar-refractivity contribution is -0.121. The first kappa shape index (κ1) is 26.6. The maximum absolute atomic E-state index is 13.4. The molecule has 10 heteroatoms. The molecule has 0 saturated heterocycles. The number of carbonyl (C=O) groups excluding carboxylic acids is 2. The first-order valence-corrected chi connectivity index (χ1v) is 12.6. The highest BCUT2D eigenvalue weighted by Crippen LogP contribution is 2.19. The molecule has 0 atom stereocenters. The van der Waals surface area contributed by atoms with Gasteiger partial charge in [0.1, 0.15) is 5.75 Å². The molecule has 188 valence electrons. The van der Waals surface area contributed by atoms with Gasteiger partial charge in [0, 0.05) is 19.2 Å². The fourth-order valence-electron chi connectivity index (χ4n) is 3.31. The van der Waals surface area contributed by atoms with Gasteiger partial charge in [-0.05, 0) is 66.1 Å². The third-order valence-corrected chi connectivity index (χ3v) is 7.00. The zero-order chi connectivity index (χ0) is 26.0. The summed E-state index contributed by atoms with van der Waals surface area (Å²) in [6.07, 6.45) is 1.88. The van der Waals surface area contributed by atoms with Crippen molar-refractivity contribution in [3.8, 4) is 5.75 Å². The zero-order valence-electron chi connectivity index (χ0n) is 20.0. The smallest absolute Gasteiger partial charge is 0.255 e. The molecular weight excluding hydrogens is 480 g/mol. The molecule has 9 nitrogen and oxygen atoms in total. The quantitative estimate of drug-likeness (QED) is 0.305. The molecule has 3 aromatic rings. The van der Waals surface area contributed by atoms with Crippen molar-refractivity contribution in [2.24, 2.45) is 5.10 Å². The van der Waals surface area contributed by atoms with Gasteiger partial charge in [0.2, 0.25) is 15.9 Å². The molecule has 0 aliphatic rings. The van der Waals surface area contributed by atoms with Gasteiger partial charge in [0.15, 0.2) is 0 Å². The molecule has 2 N–H and O–H groups in total. The lowest BCUT2D eigenvalue weighted by Crippen LogP contribution is -2.40. The van der Waals surface area contributed by atoms with Gasteiger partial charge in [-0.2, -0.15) is 9.41 Å². The van der Waals surface area contributed by atoms with Gasteiger partial charge in [-0.1, -0.05) is 30.3 Å². The summed E-state index contributed by atoms with van der Waals surface area (Å²) in [7, 11) is -2.43. The minimum absolute atomic E-state index is 0.0131. The second-order valence-corrected chi connectivity index (χ2v) is 9.78. The number of amides is 2. The van der Waals surface area contributed by atoms with E-state index in [1.807, 2.05) is 30.3 Å². The van der Waals surface area contributed by atoms with Crippen LogP contribution in [-0.4, -0.2) is 51.0 Å². The second-order valence-electron chi connectivity index (χ2n) is 7.85. The molecule has 0 aliphatic carbocycles. The zero-order valence-corrected chi connectivity index (χ0v) is 20.9. The maximum Gasteiger partial charge on any atom is 0.255 e. The van der Waals surface area contributed by atoms with Gasteiger partial charge in [0.05, 0.1) is 24.8 Å². The van der Waals surface area contributed by atoms with Crippen LogP contribution in [0.2, 0.25) is 0 Å². The average molecular weight is 509 g/mol. The number of benzene rings is 3. The van der Waals surface area contributed by atoms with Crippen LogP contribution in [0, 0.1) is 0 Å². The monoisotopic (exact) mass is 508 g/mol. The summed E-state index contributed by atoms with van der Waals surface area (Å²) in [5.74, 6) is -0.145. The van der Waals surface area contributed by atoms with Crippen molar-refractivity contribution in [2.45, 2.75) is 18.2 Å². The number of nitrogens with one attached hydrogen (secondary N) is 2. The number of rotatable bonds is 11. The molecule has 0 heterocycles. The van der Waals surface area contributed by atoms with E-state index >= 15 is 0 Å². The van der Waals surface area contributed by atoms with Crippen LogP contribution < -0.4 is 15.5 Å². The van der Waals surface area contributed by atoms with E-state index in [1.54, 1.807) is 31.4 Å². The molecule has 0 unspecified atom stereocenters. The van der Waals surface area contributed by atoms with Crippen LogP contribution in [0.5, 0.6) is 5.75 Å². The Kier molecular flexibility index (Phi) is 9.32. The van der Waals surface area contributed by atoms with Crippen LogP contribution in [0.4, 0.5) is 5.69 Å². The van der Waals surface area contributed by atoms with Crippen LogP contribution in [0.25, 0.3) is 0 Å². The fraction of sp³-hybridized carbons (Fsp3) is 0.192. The maximum atomic E-state index is 13.4. The lowest BCUT2D eigenvalue weighted by Gasteiger charge is -2.21. The van der Waals surface area contributed by atoms with Gasteiger partial charge < -0.3 is 10.1 Å². The van der Waals surface area contributed by atoms with Crippen LogP contribution in [0.15, 0.2) is 88.9 Å². The van der Waals surface area contributed by atoms with E-state index in [9.17, 15) is 18.0 Å². The van der Waals surface area contributed by atoms with Crippen molar-refractivity contribution in [3.05, 3.63) is 90.0 Å². The molecule has 3 aromatic carbocycles. The fourth-order valence-corrected chi connectivity index (χ4v) is 4.71. The first-order chi connectivity index (χ1) is 17.3. The molecule has 36 heavy (non-hydrogen) atoms. The molecule has 0 spiro atoms. The van der Waals surface area contributed by atoms with Gasteiger partial charge in [-0.3, -0.25) is 9.59 Å². The summed E-state index contributed by atoms with van der Waals surface area (Å²) in [6.45, 7) is 1.05. The Labute approximate surface area is 210 Å². The van der Waals surface area contributed by atoms with E-state index in [-0.39, 0.29) is 17.3 Å². The topological polar surface area (TPSA) is 117 Å². The molecule has 0 saturated carbocycles. The minimum Gasteiger partial charge on any atom is -0.497 e. The van der Waals surface area contributed by atoms with Crippen LogP contribution in [0.1, 0.15) is 18.1 Å². The van der Waals surface area contributed by atoms with Crippen molar-refractivity contribution in [2.75, 3.05) is 25.5 Å². The predicted molar refractivity (Wildman–Crippen MR) is 138 cm³/mol. The summed E-state index contributed by atoms with van der Waals surface area (Å²) in [6, 6.07) is 22.3. The minimum atomic E-state index is -4.00. The number of hydrazone groups is 1. The summed E-state index contributed by atoms with van der Waals surface area (Å²) >= 11 is 0. The van der Waals surface area contributed by atoms with Crippen molar-refractivity contribution >= 4 is 33.7 Å². The number of hydrogen-bond donors (Lipinski definition) is 2. The Morgan fingerprint density at radius 2 is 1.64 bits per heavy atom. The van der Waals surface area contributed by atoms with Crippen molar-refractivity contribution in [3.63, 3.8) is 0 Å². The van der Waals surface area contributed by atoms with Gasteiger partial charge in [-0.25, -0.2) is 13.8 Å². The Morgan fingerprint density at radius 3 is 2.25 bits per heavy atom. The Balaban J connectivity index is 1.73. The highest BCUT2D eigenvalue weighted by Gasteiger charge is 2.26. The van der Waals surface area contributed by atoms with Gasteiger partial charge in [-0.15, -0.1) is 0 Å². The van der Waals surface area contributed by atoms with Crippen molar-refractivity contribution in [1.29, 1.82) is 0 Å². The molecule has 0 bridgehead atoms. The number of methoxy groups -OCH3 is 1.